The summed E-state index contributed by atoms with van der Waals surface area (Å²) < 4.78 is 5.37. The summed E-state index contributed by atoms with van der Waals surface area (Å²) in [5.41, 5.74) is 1.78. The number of carbonyl (C=O) groups excluding carboxylic acids is 2. The van der Waals surface area contributed by atoms with Crippen molar-refractivity contribution in [1.82, 2.24) is 19.7 Å². The molecule has 8 nitrogen and oxygen atoms in total. The number of carbonyl (C=O) groups is 2. The second kappa shape index (κ2) is 9.13. The summed E-state index contributed by atoms with van der Waals surface area (Å²) in [6.07, 6.45) is 1.80. The van der Waals surface area contributed by atoms with E-state index in [0.29, 0.717) is 31.9 Å². The molecule has 0 atom stereocenters. The van der Waals surface area contributed by atoms with E-state index in [1.54, 1.807) is 23.1 Å². The Morgan fingerprint density at radius 2 is 1.77 bits per heavy atom. The summed E-state index contributed by atoms with van der Waals surface area (Å²) in [6.45, 7) is 4.94. The van der Waals surface area contributed by atoms with E-state index < -0.39 is 0 Å². The number of aromatic nitrogens is 1. The number of rotatable bonds is 6. The van der Waals surface area contributed by atoms with Crippen LogP contribution in [0.15, 0.2) is 48.7 Å². The molecule has 4 rings (SSSR count). The van der Waals surface area contributed by atoms with Crippen LogP contribution in [-0.4, -0.2) is 84.5 Å². The molecular weight excluding hydrogens is 382 g/mol. The highest BCUT2D eigenvalue weighted by atomic mass is 16.5. The lowest BCUT2D eigenvalue weighted by Crippen LogP contribution is -2.51. The van der Waals surface area contributed by atoms with Crippen LogP contribution in [0.4, 0.5) is 10.5 Å². The van der Waals surface area contributed by atoms with E-state index in [1.807, 2.05) is 47.4 Å². The van der Waals surface area contributed by atoms with E-state index in [-0.39, 0.29) is 18.5 Å². The van der Waals surface area contributed by atoms with E-state index in [0.717, 1.165) is 31.0 Å². The standard InChI is InChI=1S/C22H27N5O3/c1-30-20-8-3-2-7-19(20)27-15-14-26(22(27)29)17-21(28)25-12-10-24(11-13-25)16-18-6-4-5-9-23-18/h2-9H,10-17H2,1H3. The minimum atomic E-state index is -0.151. The van der Waals surface area contributed by atoms with Crippen molar-refractivity contribution in [3.8, 4) is 5.75 Å². The van der Waals surface area contributed by atoms with Gasteiger partial charge in [-0.05, 0) is 24.3 Å². The number of anilines is 1. The van der Waals surface area contributed by atoms with Crippen LogP contribution in [0.3, 0.4) is 0 Å². The van der Waals surface area contributed by atoms with Crippen molar-refractivity contribution in [2.45, 2.75) is 6.54 Å². The predicted octanol–water partition coefficient (Wildman–Crippen LogP) is 1.68. The second-order valence-corrected chi connectivity index (χ2v) is 7.51. The molecule has 2 aromatic rings. The molecule has 1 aromatic carbocycles. The normalized spacial score (nSPS) is 17.5. The lowest BCUT2D eigenvalue weighted by Gasteiger charge is -2.35. The van der Waals surface area contributed by atoms with Crippen molar-refractivity contribution < 1.29 is 14.3 Å². The van der Waals surface area contributed by atoms with Crippen molar-refractivity contribution in [2.75, 3.05) is 57.8 Å². The van der Waals surface area contributed by atoms with Gasteiger partial charge in [-0.3, -0.25) is 19.6 Å². The average molecular weight is 409 g/mol. The summed E-state index contributed by atoms with van der Waals surface area (Å²) in [5.74, 6) is 0.658. The van der Waals surface area contributed by atoms with Gasteiger partial charge in [0.05, 0.1) is 18.5 Å². The van der Waals surface area contributed by atoms with Crippen molar-refractivity contribution in [1.29, 1.82) is 0 Å². The van der Waals surface area contributed by atoms with Gasteiger partial charge in [-0.1, -0.05) is 18.2 Å². The van der Waals surface area contributed by atoms with Crippen LogP contribution in [0.1, 0.15) is 5.69 Å². The maximum absolute atomic E-state index is 12.9. The van der Waals surface area contributed by atoms with Gasteiger partial charge in [0.25, 0.3) is 0 Å². The van der Waals surface area contributed by atoms with Crippen molar-refractivity contribution in [3.05, 3.63) is 54.4 Å². The van der Waals surface area contributed by atoms with Gasteiger partial charge in [-0.15, -0.1) is 0 Å². The number of hydrogen-bond donors (Lipinski definition) is 0. The van der Waals surface area contributed by atoms with E-state index in [4.69, 9.17) is 4.74 Å². The molecule has 8 heteroatoms. The number of piperazine rings is 1. The number of urea groups is 1. The first-order valence-corrected chi connectivity index (χ1v) is 10.2. The molecule has 158 valence electrons. The molecule has 0 saturated carbocycles. The van der Waals surface area contributed by atoms with E-state index >= 15 is 0 Å². The Hall–Kier alpha value is -3.13. The Balaban J connectivity index is 1.29. The molecule has 0 aliphatic carbocycles. The molecule has 0 bridgehead atoms. The van der Waals surface area contributed by atoms with Gasteiger partial charge in [-0.2, -0.15) is 0 Å². The maximum atomic E-state index is 12.9. The lowest BCUT2D eigenvalue weighted by atomic mass is 10.2. The predicted molar refractivity (Wildman–Crippen MR) is 113 cm³/mol. The van der Waals surface area contributed by atoms with Crippen LogP contribution >= 0.6 is 0 Å². The first-order valence-electron chi connectivity index (χ1n) is 10.2. The molecule has 0 radical (unpaired) electrons. The number of methoxy groups -OCH3 is 1. The van der Waals surface area contributed by atoms with Crippen LogP contribution in [0.2, 0.25) is 0 Å². The lowest BCUT2D eigenvalue weighted by molar-refractivity contribution is -0.133. The third-order valence-corrected chi connectivity index (χ3v) is 5.63. The second-order valence-electron chi connectivity index (χ2n) is 7.51. The monoisotopic (exact) mass is 409 g/mol. The van der Waals surface area contributed by atoms with Gasteiger partial charge in [0.1, 0.15) is 12.3 Å². The number of ether oxygens (including phenoxy) is 1. The van der Waals surface area contributed by atoms with Crippen LogP contribution in [0.25, 0.3) is 0 Å². The smallest absolute Gasteiger partial charge is 0.325 e. The summed E-state index contributed by atoms with van der Waals surface area (Å²) in [6, 6.07) is 13.2. The zero-order valence-electron chi connectivity index (χ0n) is 17.2. The Morgan fingerprint density at radius 1 is 1.00 bits per heavy atom. The molecule has 2 saturated heterocycles. The van der Waals surface area contributed by atoms with Gasteiger partial charge in [-0.25, -0.2) is 4.79 Å². The highest BCUT2D eigenvalue weighted by molar-refractivity contribution is 5.97. The third-order valence-electron chi connectivity index (χ3n) is 5.63. The zero-order valence-corrected chi connectivity index (χ0v) is 17.2. The van der Waals surface area contributed by atoms with Gasteiger partial charge >= 0.3 is 6.03 Å². The number of para-hydroxylation sites is 2. The number of benzene rings is 1. The summed E-state index contributed by atoms with van der Waals surface area (Å²) >= 11 is 0. The average Bonchev–Trinajstić information content (AvgIpc) is 3.14. The molecule has 2 aliphatic heterocycles. The van der Waals surface area contributed by atoms with Gasteiger partial charge in [0, 0.05) is 52.0 Å². The Morgan fingerprint density at radius 3 is 2.50 bits per heavy atom. The maximum Gasteiger partial charge on any atom is 0.325 e. The minimum absolute atomic E-state index is 0.00251. The SMILES string of the molecule is COc1ccccc1N1CCN(CC(=O)N2CCN(Cc3ccccn3)CC2)C1=O. The van der Waals surface area contributed by atoms with Gasteiger partial charge in [0.2, 0.25) is 5.91 Å². The fraction of sp³-hybridized carbons (Fsp3) is 0.409. The topological polar surface area (TPSA) is 69.2 Å². The van der Waals surface area contributed by atoms with Crippen LogP contribution in [0, 0.1) is 0 Å². The largest absolute Gasteiger partial charge is 0.495 e. The van der Waals surface area contributed by atoms with Crippen molar-refractivity contribution in [2.24, 2.45) is 0 Å². The van der Waals surface area contributed by atoms with E-state index in [2.05, 4.69) is 9.88 Å². The van der Waals surface area contributed by atoms with E-state index in [1.165, 1.54) is 0 Å². The fourth-order valence-corrected chi connectivity index (χ4v) is 3.95. The zero-order chi connectivity index (χ0) is 20.9. The number of nitrogens with zero attached hydrogens (tertiary/aromatic N) is 5. The molecule has 3 amide bonds. The molecule has 3 heterocycles. The summed E-state index contributed by atoms with van der Waals surface area (Å²) in [7, 11) is 1.59. The van der Waals surface area contributed by atoms with Crippen LogP contribution < -0.4 is 9.64 Å². The van der Waals surface area contributed by atoms with Crippen molar-refractivity contribution in [3.63, 3.8) is 0 Å². The van der Waals surface area contributed by atoms with E-state index in [9.17, 15) is 9.59 Å². The first kappa shape index (κ1) is 20.2. The number of amides is 3. The molecule has 0 N–H and O–H groups in total. The molecule has 30 heavy (non-hydrogen) atoms. The summed E-state index contributed by atoms with van der Waals surface area (Å²) in [5, 5.41) is 0. The van der Waals surface area contributed by atoms with Crippen LogP contribution in [0.5, 0.6) is 5.75 Å². The third kappa shape index (κ3) is 4.38. The van der Waals surface area contributed by atoms with Gasteiger partial charge in [0.15, 0.2) is 0 Å². The number of pyridine rings is 1. The first-order chi connectivity index (χ1) is 14.7. The Kier molecular flexibility index (Phi) is 6.13. The number of hydrogen-bond acceptors (Lipinski definition) is 5. The summed E-state index contributed by atoms with van der Waals surface area (Å²) in [4.78, 5) is 37.5. The van der Waals surface area contributed by atoms with Crippen LogP contribution in [-0.2, 0) is 11.3 Å². The Labute approximate surface area is 176 Å². The highest BCUT2D eigenvalue weighted by Crippen LogP contribution is 2.30. The Bertz CT molecular complexity index is 883. The highest BCUT2D eigenvalue weighted by Gasteiger charge is 2.33. The molecule has 2 aliphatic rings. The van der Waals surface area contributed by atoms with Crippen molar-refractivity contribution >= 4 is 17.6 Å². The molecule has 1 aromatic heterocycles. The molecular formula is C22H27N5O3. The molecule has 0 unspecified atom stereocenters. The minimum Gasteiger partial charge on any atom is -0.495 e. The van der Waals surface area contributed by atoms with Gasteiger partial charge < -0.3 is 14.5 Å². The quantitative estimate of drug-likeness (QED) is 0.726. The fourth-order valence-electron chi connectivity index (χ4n) is 3.95. The molecule has 0 spiro atoms. The molecule has 2 fully saturated rings.